The van der Waals surface area contributed by atoms with Gasteiger partial charge >= 0.3 is 0 Å². The molecule has 0 spiro atoms. The van der Waals surface area contributed by atoms with Crippen molar-refractivity contribution in [3.63, 3.8) is 0 Å². The molecule has 2 aliphatic rings. The number of fused-ring (bicyclic) bond motifs is 1. The van der Waals surface area contributed by atoms with E-state index >= 15 is 0 Å². The van der Waals surface area contributed by atoms with E-state index in [1.54, 1.807) is 11.0 Å². The van der Waals surface area contributed by atoms with E-state index < -0.39 is 10.0 Å². The molecule has 1 aromatic heterocycles. The molecule has 0 aliphatic carbocycles. The van der Waals surface area contributed by atoms with Gasteiger partial charge in [0.05, 0.1) is 11.3 Å². The summed E-state index contributed by atoms with van der Waals surface area (Å²) in [6.45, 7) is 4.92. The van der Waals surface area contributed by atoms with Crippen molar-refractivity contribution in [2.75, 3.05) is 18.0 Å². The van der Waals surface area contributed by atoms with Crippen molar-refractivity contribution in [1.29, 1.82) is 0 Å². The average Bonchev–Trinajstić information content (AvgIpc) is 3.39. The molecule has 2 N–H and O–H groups in total. The van der Waals surface area contributed by atoms with E-state index in [0.29, 0.717) is 18.8 Å². The third-order valence-corrected chi connectivity index (χ3v) is 8.94. The molecule has 1 fully saturated rings. The molecule has 2 aliphatic heterocycles. The summed E-state index contributed by atoms with van der Waals surface area (Å²) in [6, 6.07) is 11.3. The molecule has 9 heteroatoms. The van der Waals surface area contributed by atoms with Crippen LogP contribution in [0.2, 0.25) is 0 Å². The smallest absolute Gasteiger partial charge is 0.262 e. The molecule has 0 radical (unpaired) electrons. The Morgan fingerprint density at radius 2 is 1.81 bits per heavy atom. The Hall–Kier alpha value is -3.43. The second kappa shape index (κ2) is 9.22. The van der Waals surface area contributed by atoms with Gasteiger partial charge in [0.15, 0.2) is 0 Å². The Labute approximate surface area is 210 Å². The van der Waals surface area contributed by atoms with Gasteiger partial charge in [0.25, 0.3) is 5.91 Å². The number of hydrogen-bond acceptors (Lipinski definition) is 6. The second-order valence-corrected chi connectivity index (χ2v) is 11.5. The van der Waals surface area contributed by atoms with Crippen LogP contribution in [-0.2, 0) is 16.4 Å². The van der Waals surface area contributed by atoms with E-state index in [1.807, 2.05) is 32.0 Å². The lowest BCUT2D eigenvalue weighted by atomic mass is 9.92. The number of aromatic nitrogens is 1. The van der Waals surface area contributed by atoms with Crippen LogP contribution in [-0.4, -0.2) is 53.0 Å². The first-order valence-corrected chi connectivity index (χ1v) is 13.6. The molecule has 5 rings (SSSR count). The fourth-order valence-electron chi connectivity index (χ4n) is 5.11. The van der Waals surface area contributed by atoms with Gasteiger partial charge < -0.3 is 15.1 Å². The van der Waals surface area contributed by atoms with Crippen molar-refractivity contribution in [1.82, 2.24) is 9.29 Å². The van der Waals surface area contributed by atoms with Crippen molar-refractivity contribution in [3.8, 4) is 22.8 Å². The number of carbonyl (C=O) groups excluding carboxylic acids is 1. The number of aromatic hydroxyl groups is 2. The molecule has 36 heavy (non-hydrogen) atoms. The molecule has 1 atom stereocenters. The van der Waals surface area contributed by atoms with Crippen molar-refractivity contribution in [2.45, 2.75) is 50.5 Å². The molecule has 0 saturated carbocycles. The Balaban J connectivity index is 1.47. The van der Waals surface area contributed by atoms with Gasteiger partial charge in [-0.3, -0.25) is 9.78 Å². The van der Waals surface area contributed by atoms with Gasteiger partial charge in [-0.15, -0.1) is 0 Å². The van der Waals surface area contributed by atoms with Crippen LogP contribution in [0.4, 0.5) is 5.69 Å². The number of nitrogens with zero attached hydrogens (tertiary/aromatic N) is 3. The highest BCUT2D eigenvalue weighted by molar-refractivity contribution is 7.89. The fraction of sp³-hybridized carbons (Fsp3) is 0.333. The largest absolute Gasteiger partial charge is 0.508 e. The number of pyridine rings is 1. The zero-order chi connectivity index (χ0) is 25.6. The van der Waals surface area contributed by atoms with Crippen molar-refractivity contribution >= 4 is 21.6 Å². The Kier molecular flexibility index (Phi) is 6.22. The van der Waals surface area contributed by atoms with Crippen LogP contribution in [0.25, 0.3) is 11.3 Å². The van der Waals surface area contributed by atoms with Crippen LogP contribution < -0.4 is 4.90 Å². The quantitative estimate of drug-likeness (QED) is 0.547. The van der Waals surface area contributed by atoms with Crippen LogP contribution in [0.1, 0.15) is 47.7 Å². The number of anilines is 1. The predicted molar refractivity (Wildman–Crippen MR) is 137 cm³/mol. The van der Waals surface area contributed by atoms with Gasteiger partial charge in [0.1, 0.15) is 16.4 Å². The lowest BCUT2D eigenvalue weighted by Crippen LogP contribution is -2.42. The minimum absolute atomic E-state index is 0.0704. The Morgan fingerprint density at radius 3 is 2.50 bits per heavy atom. The van der Waals surface area contributed by atoms with Gasteiger partial charge in [-0.05, 0) is 81.0 Å². The van der Waals surface area contributed by atoms with Gasteiger partial charge in [-0.25, -0.2) is 8.42 Å². The van der Waals surface area contributed by atoms with Crippen molar-refractivity contribution in [2.24, 2.45) is 0 Å². The zero-order valence-electron chi connectivity index (χ0n) is 20.3. The first-order chi connectivity index (χ1) is 17.2. The average molecular weight is 508 g/mol. The summed E-state index contributed by atoms with van der Waals surface area (Å²) in [6.07, 6.45) is 4.71. The van der Waals surface area contributed by atoms with Crippen molar-refractivity contribution in [3.05, 3.63) is 65.4 Å². The molecule has 1 unspecified atom stereocenters. The van der Waals surface area contributed by atoms with E-state index in [9.17, 15) is 23.4 Å². The van der Waals surface area contributed by atoms with Crippen LogP contribution in [0, 0.1) is 6.92 Å². The summed E-state index contributed by atoms with van der Waals surface area (Å²) in [5.41, 5.74) is 4.19. The van der Waals surface area contributed by atoms with Crippen LogP contribution in [0.15, 0.2) is 53.6 Å². The number of hydrogen-bond donors (Lipinski definition) is 2. The fourth-order valence-corrected chi connectivity index (χ4v) is 6.66. The van der Waals surface area contributed by atoms with E-state index in [1.165, 1.54) is 22.6 Å². The van der Waals surface area contributed by atoms with Gasteiger partial charge in [-0.2, -0.15) is 4.31 Å². The summed E-state index contributed by atoms with van der Waals surface area (Å²) in [4.78, 5) is 19.8. The molecular formula is C27H29N3O5S. The highest BCUT2D eigenvalue weighted by Gasteiger charge is 2.31. The monoisotopic (exact) mass is 507 g/mol. The first kappa shape index (κ1) is 24.3. The standard InChI is InChI=1S/C27H29N3O5S/c1-17-13-22(36(34,35)29-11-3-4-12-29)16-28-26(17)20-7-10-24-19(14-20)6-5-18(2)30(24)27(33)23-9-8-21(31)15-25(23)32/h7-10,13-16,18,31-32H,3-6,11-12H2,1-2H3. The first-order valence-electron chi connectivity index (χ1n) is 12.1. The second-order valence-electron chi connectivity index (χ2n) is 9.56. The number of amides is 1. The minimum Gasteiger partial charge on any atom is -0.508 e. The van der Waals surface area contributed by atoms with Gasteiger partial charge in [-0.1, -0.05) is 6.07 Å². The molecule has 3 heterocycles. The molecule has 0 bridgehead atoms. The molecular weight excluding hydrogens is 478 g/mol. The number of rotatable bonds is 4. The molecule has 8 nitrogen and oxygen atoms in total. The maximum atomic E-state index is 13.4. The molecule has 3 aromatic rings. The Morgan fingerprint density at radius 1 is 1.06 bits per heavy atom. The Bertz CT molecular complexity index is 1450. The van der Waals surface area contributed by atoms with E-state index in [-0.39, 0.29) is 33.9 Å². The highest BCUT2D eigenvalue weighted by atomic mass is 32.2. The number of sulfonamides is 1. The number of phenols is 2. The summed E-state index contributed by atoms with van der Waals surface area (Å²) in [5.74, 6) is -0.706. The number of phenolic OH excluding ortho intramolecular Hbond substituents is 2. The molecule has 188 valence electrons. The summed E-state index contributed by atoms with van der Waals surface area (Å²) < 4.78 is 27.4. The number of aryl methyl sites for hydroxylation is 2. The van der Waals surface area contributed by atoms with E-state index in [2.05, 4.69) is 4.98 Å². The molecule has 1 saturated heterocycles. The maximum absolute atomic E-state index is 13.4. The number of carbonyl (C=O) groups is 1. The third kappa shape index (κ3) is 4.22. The predicted octanol–water partition coefficient (Wildman–Crippen LogP) is 4.23. The topological polar surface area (TPSA) is 111 Å². The highest BCUT2D eigenvalue weighted by Crippen LogP contribution is 2.37. The molecule has 2 aromatic carbocycles. The van der Waals surface area contributed by atoms with E-state index in [0.717, 1.165) is 54.1 Å². The summed E-state index contributed by atoms with van der Waals surface area (Å²) in [5, 5.41) is 19.8. The summed E-state index contributed by atoms with van der Waals surface area (Å²) >= 11 is 0. The molecule has 1 amide bonds. The lowest BCUT2D eigenvalue weighted by molar-refractivity contribution is 0.0972. The number of benzene rings is 2. The van der Waals surface area contributed by atoms with Crippen LogP contribution in [0.3, 0.4) is 0 Å². The van der Waals surface area contributed by atoms with Crippen LogP contribution in [0.5, 0.6) is 11.5 Å². The minimum atomic E-state index is -3.54. The van der Waals surface area contributed by atoms with Gasteiger partial charge in [0, 0.05) is 42.6 Å². The zero-order valence-corrected chi connectivity index (χ0v) is 21.1. The normalized spacial score (nSPS) is 18.3. The third-order valence-electron chi connectivity index (χ3n) is 7.07. The SMILES string of the molecule is Cc1cc(S(=O)(=O)N2CCCC2)cnc1-c1ccc2c(c1)CCC(C)N2C(=O)c1ccc(O)cc1O. The van der Waals surface area contributed by atoms with Gasteiger partial charge in [0.2, 0.25) is 10.0 Å². The van der Waals surface area contributed by atoms with Crippen LogP contribution >= 0.6 is 0 Å². The maximum Gasteiger partial charge on any atom is 0.262 e. The van der Waals surface area contributed by atoms with E-state index in [4.69, 9.17) is 0 Å². The van der Waals surface area contributed by atoms with Crippen molar-refractivity contribution < 1.29 is 23.4 Å². The lowest BCUT2D eigenvalue weighted by Gasteiger charge is -2.35. The summed E-state index contributed by atoms with van der Waals surface area (Å²) in [7, 11) is -3.54.